The topological polar surface area (TPSA) is 77.2 Å². The second kappa shape index (κ2) is 6.78. The Morgan fingerprint density at radius 3 is 2.65 bits per heavy atom. The molecule has 0 bridgehead atoms. The number of carbonyl (C=O) groups is 1. The first-order valence-electron chi connectivity index (χ1n) is 8.55. The number of ether oxygens (including phenoxy) is 1. The van der Waals surface area contributed by atoms with Crippen molar-refractivity contribution in [2.24, 2.45) is 0 Å². The first-order valence-corrected chi connectivity index (χ1v) is 8.55. The molecule has 0 aliphatic carbocycles. The molecule has 0 unspecified atom stereocenters. The van der Waals surface area contributed by atoms with Gasteiger partial charge in [0.25, 0.3) is 0 Å². The van der Waals surface area contributed by atoms with Gasteiger partial charge in [0, 0.05) is 17.5 Å². The Labute approximate surface area is 152 Å². The van der Waals surface area contributed by atoms with Crippen molar-refractivity contribution >= 4 is 17.0 Å². The number of aromatic hydroxyl groups is 1. The van der Waals surface area contributed by atoms with Crippen LogP contribution in [-0.2, 0) is 21.5 Å². The predicted molar refractivity (Wildman–Crippen MR) is 100.0 cm³/mol. The molecule has 0 saturated carbocycles. The van der Waals surface area contributed by atoms with Crippen LogP contribution in [0.2, 0.25) is 0 Å². The number of hydrogen-bond acceptors (Lipinski definition) is 5. The summed E-state index contributed by atoms with van der Waals surface area (Å²) in [4.78, 5) is 11.4. The van der Waals surface area contributed by atoms with Crippen LogP contribution in [0.25, 0.3) is 22.2 Å². The summed E-state index contributed by atoms with van der Waals surface area (Å²) in [5.74, 6) is -0.0716. The molecule has 0 radical (unpaired) electrons. The van der Waals surface area contributed by atoms with Gasteiger partial charge in [-0.1, -0.05) is 23.4 Å². The van der Waals surface area contributed by atoms with E-state index in [1.807, 2.05) is 35.0 Å². The Balaban J connectivity index is 2.11. The van der Waals surface area contributed by atoms with Crippen molar-refractivity contribution in [3.05, 3.63) is 42.0 Å². The lowest BCUT2D eigenvalue weighted by Crippen LogP contribution is -2.23. The molecular formula is C20H23N3O3. The van der Waals surface area contributed by atoms with E-state index in [1.165, 1.54) is 7.11 Å². The van der Waals surface area contributed by atoms with Gasteiger partial charge in [-0.15, -0.1) is 5.10 Å². The zero-order valence-electron chi connectivity index (χ0n) is 15.5. The van der Waals surface area contributed by atoms with Gasteiger partial charge >= 0.3 is 5.97 Å². The lowest BCUT2D eigenvalue weighted by atomic mass is 9.98. The minimum Gasteiger partial charge on any atom is -0.507 e. The van der Waals surface area contributed by atoms with Gasteiger partial charge in [0.15, 0.2) is 0 Å². The third kappa shape index (κ3) is 3.40. The highest BCUT2D eigenvalue weighted by molar-refractivity contribution is 5.93. The van der Waals surface area contributed by atoms with Gasteiger partial charge in [-0.25, -0.2) is 4.68 Å². The summed E-state index contributed by atoms with van der Waals surface area (Å²) in [5, 5.41) is 19.0. The Bertz CT molecular complexity index is 955. The molecule has 0 aliphatic rings. The zero-order chi connectivity index (χ0) is 18.9. The molecule has 1 N–H and O–H groups in total. The minimum atomic E-state index is -0.253. The molecule has 0 aliphatic heterocycles. The van der Waals surface area contributed by atoms with Crippen LogP contribution in [0.15, 0.2) is 36.4 Å². The van der Waals surface area contributed by atoms with Crippen LogP contribution >= 0.6 is 0 Å². The highest BCUT2D eigenvalue weighted by Crippen LogP contribution is 2.36. The maximum Gasteiger partial charge on any atom is 0.305 e. The average Bonchev–Trinajstić information content (AvgIpc) is 3.05. The Morgan fingerprint density at radius 1 is 1.19 bits per heavy atom. The van der Waals surface area contributed by atoms with E-state index in [-0.39, 0.29) is 17.3 Å². The molecule has 0 spiro atoms. The van der Waals surface area contributed by atoms with Crippen LogP contribution in [0.1, 0.15) is 32.8 Å². The fraction of sp³-hybridized carbons (Fsp3) is 0.350. The predicted octanol–water partition coefficient (Wildman–Crippen LogP) is 3.66. The van der Waals surface area contributed by atoms with Crippen LogP contribution in [0.3, 0.4) is 0 Å². The number of fused-ring (bicyclic) bond motifs is 1. The second-order valence-corrected chi connectivity index (χ2v) is 7.27. The number of nitrogens with zero attached hydrogens (tertiary/aromatic N) is 3. The van der Waals surface area contributed by atoms with E-state index < -0.39 is 0 Å². The highest BCUT2D eigenvalue weighted by atomic mass is 16.5. The van der Waals surface area contributed by atoms with E-state index in [9.17, 15) is 9.90 Å². The second-order valence-electron chi connectivity index (χ2n) is 7.27. The SMILES string of the molecule is COC(=O)CCc1ccc(O)c(-c2cccc3nnn(C(C)(C)C)c23)c1. The lowest BCUT2D eigenvalue weighted by molar-refractivity contribution is -0.140. The number of aromatic nitrogens is 3. The summed E-state index contributed by atoms with van der Waals surface area (Å²) in [6.45, 7) is 6.18. The molecule has 2 aromatic carbocycles. The third-order valence-corrected chi connectivity index (χ3v) is 4.30. The lowest BCUT2D eigenvalue weighted by Gasteiger charge is -2.21. The van der Waals surface area contributed by atoms with E-state index >= 15 is 0 Å². The summed E-state index contributed by atoms with van der Waals surface area (Å²) in [6, 6.07) is 11.2. The molecule has 6 nitrogen and oxygen atoms in total. The smallest absolute Gasteiger partial charge is 0.305 e. The number of esters is 1. The number of phenolic OH excluding ortho intramolecular Hbond substituents is 1. The molecule has 0 fully saturated rings. The summed E-state index contributed by atoms with van der Waals surface area (Å²) in [7, 11) is 1.38. The van der Waals surface area contributed by atoms with Crippen LogP contribution < -0.4 is 0 Å². The maximum absolute atomic E-state index is 11.4. The van der Waals surface area contributed by atoms with Crippen molar-refractivity contribution in [2.45, 2.75) is 39.2 Å². The highest BCUT2D eigenvalue weighted by Gasteiger charge is 2.21. The molecule has 1 aromatic heterocycles. The van der Waals surface area contributed by atoms with Crippen molar-refractivity contribution in [1.82, 2.24) is 15.0 Å². The number of hydrogen-bond donors (Lipinski definition) is 1. The molecule has 3 aromatic rings. The van der Waals surface area contributed by atoms with E-state index in [1.54, 1.807) is 6.07 Å². The number of benzene rings is 2. The van der Waals surface area contributed by atoms with Crippen LogP contribution in [-0.4, -0.2) is 33.2 Å². The number of aryl methyl sites for hydroxylation is 1. The summed E-state index contributed by atoms with van der Waals surface area (Å²) >= 11 is 0. The standard InChI is InChI=1S/C20H23N3O3/c1-20(2,3)23-19-14(6-5-7-16(19)21-22-23)15-12-13(8-10-17(15)24)9-11-18(25)26-4/h5-8,10,12,24H,9,11H2,1-4H3. The van der Waals surface area contributed by atoms with Crippen molar-refractivity contribution in [3.8, 4) is 16.9 Å². The normalized spacial score (nSPS) is 11.7. The van der Waals surface area contributed by atoms with E-state index in [4.69, 9.17) is 4.74 Å². The molecule has 6 heteroatoms. The van der Waals surface area contributed by atoms with Gasteiger partial charge in [-0.05, 0) is 51.0 Å². The molecule has 0 amide bonds. The molecule has 1 heterocycles. The molecular weight excluding hydrogens is 330 g/mol. The molecule has 3 rings (SSSR count). The largest absolute Gasteiger partial charge is 0.507 e. The third-order valence-electron chi connectivity index (χ3n) is 4.30. The molecule has 0 saturated heterocycles. The maximum atomic E-state index is 11.4. The summed E-state index contributed by atoms with van der Waals surface area (Å²) in [5.41, 5.74) is 3.92. The number of para-hydroxylation sites is 1. The molecule has 136 valence electrons. The van der Waals surface area contributed by atoms with Gasteiger partial charge in [-0.3, -0.25) is 4.79 Å². The van der Waals surface area contributed by atoms with E-state index in [0.717, 1.165) is 22.2 Å². The molecule has 0 atom stereocenters. The van der Waals surface area contributed by atoms with Crippen molar-refractivity contribution in [3.63, 3.8) is 0 Å². The van der Waals surface area contributed by atoms with Gasteiger partial charge in [0.1, 0.15) is 11.3 Å². The van der Waals surface area contributed by atoms with Crippen LogP contribution in [0.4, 0.5) is 0 Å². The number of phenols is 1. The summed E-state index contributed by atoms with van der Waals surface area (Å²) in [6.07, 6.45) is 0.846. The number of methoxy groups -OCH3 is 1. The first kappa shape index (κ1) is 17.9. The Kier molecular flexibility index (Phi) is 4.68. The monoisotopic (exact) mass is 353 g/mol. The van der Waals surface area contributed by atoms with Crippen molar-refractivity contribution in [2.75, 3.05) is 7.11 Å². The zero-order valence-corrected chi connectivity index (χ0v) is 15.5. The average molecular weight is 353 g/mol. The van der Waals surface area contributed by atoms with Gasteiger partial charge < -0.3 is 9.84 Å². The Hall–Kier alpha value is -2.89. The number of carbonyl (C=O) groups excluding carboxylic acids is 1. The Morgan fingerprint density at radius 2 is 1.96 bits per heavy atom. The van der Waals surface area contributed by atoms with Gasteiger partial charge in [0.05, 0.1) is 18.2 Å². The van der Waals surface area contributed by atoms with Crippen molar-refractivity contribution < 1.29 is 14.6 Å². The fourth-order valence-electron chi connectivity index (χ4n) is 2.96. The van der Waals surface area contributed by atoms with Crippen LogP contribution in [0, 0.1) is 0 Å². The first-order chi connectivity index (χ1) is 12.3. The van der Waals surface area contributed by atoms with Crippen molar-refractivity contribution in [1.29, 1.82) is 0 Å². The minimum absolute atomic E-state index is 0.181. The van der Waals surface area contributed by atoms with Gasteiger partial charge in [-0.2, -0.15) is 0 Å². The fourth-order valence-corrected chi connectivity index (χ4v) is 2.96. The van der Waals surface area contributed by atoms with Gasteiger partial charge in [0.2, 0.25) is 0 Å². The number of rotatable bonds is 4. The quantitative estimate of drug-likeness (QED) is 0.724. The van der Waals surface area contributed by atoms with E-state index in [2.05, 4.69) is 31.1 Å². The van der Waals surface area contributed by atoms with Crippen LogP contribution in [0.5, 0.6) is 5.75 Å². The molecule has 26 heavy (non-hydrogen) atoms. The summed E-state index contributed by atoms with van der Waals surface area (Å²) < 4.78 is 6.58. The van der Waals surface area contributed by atoms with E-state index in [0.29, 0.717) is 18.4 Å².